The number of benzene rings is 1. The first-order chi connectivity index (χ1) is 8.88. The van der Waals surface area contributed by atoms with E-state index in [9.17, 15) is 0 Å². The van der Waals surface area contributed by atoms with Gasteiger partial charge in [-0.1, -0.05) is 44.7 Å². The lowest BCUT2D eigenvalue weighted by Gasteiger charge is -2.31. The minimum absolute atomic E-state index is 0.234. The Morgan fingerprint density at radius 1 is 1.37 bits per heavy atom. The van der Waals surface area contributed by atoms with Gasteiger partial charge in [-0.25, -0.2) is 0 Å². The Bertz CT molecular complexity index is 491. The number of nitrogens with one attached hydrogen (secondary N) is 1. The molecule has 1 atom stereocenters. The van der Waals surface area contributed by atoms with E-state index in [4.69, 9.17) is 4.99 Å². The number of hydrogen-bond acceptors (Lipinski definition) is 3. The Hall–Kier alpha value is -0.480. The Labute approximate surface area is 128 Å². The Morgan fingerprint density at radius 3 is 2.79 bits per heavy atom. The van der Waals surface area contributed by atoms with Crippen molar-refractivity contribution in [1.29, 1.82) is 0 Å². The van der Waals surface area contributed by atoms with Crippen LogP contribution in [0.4, 0.5) is 5.69 Å². The molecule has 1 aromatic carbocycles. The summed E-state index contributed by atoms with van der Waals surface area (Å²) in [6.07, 6.45) is 1.16. The number of aryl methyl sites for hydroxylation is 1. The number of rotatable bonds is 1. The van der Waals surface area contributed by atoms with Gasteiger partial charge in [0.1, 0.15) is 0 Å². The summed E-state index contributed by atoms with van der Waals surface area (Å²) in [5.41, 5.74) is 2.57. The average Bonchev–Trinajstić information content (AvgIpc) is 2.34. The maximum atomic E-state index is 4.87. The van der Waals surface area contributed by atoms with Gasteiger partial charge in [-0.3, -0.25) is 4.99 Å². The van der Waals surface area contributed by atoms with E-state index in [0.29, 0.717) is 6.04 Å². The molecule has 1 aliphatic rings. The molecule has 1 N–H and O–H groups in total. The van der Waals surface area contributed by atoms with E-state index in [0.717, 1.165) is 27.5 Å². The highest BCUT2D eigenvalue weighted by molar-refractivity contribution is 9.10. The molecule has 2 nitrogen and oxygen atoms in total. The number of amidine groups is 1. The SMILES string of the molecule is Cc1cccc(NC2=NC(C(C)(C)C)CCS2)c1Br. The molecular weight excluding hydrogens is 320 g/mol. The molecule has 0 aliphatic carbocycles. The van der Waals surface area contributed by atoms with E-state index >= 15 is 0 Å². The normalized spacial score (nSPS) is 20.1. The van der Waals surface area contributed by atoms with Gasteiger partial charge in [0.25, 0.3) is 0 Å². The molecule has 0 spiro atoms. The molecule has 1 unspecified atom stereocenters. The molecule has 19 heavy (non-hydrogen) atoms. The minimum atomic E-state index is 0.234. The summed E-state index contributed by atoms with van der Waals surface area (Å²) in [4.78, 5) is 4.87. The van der Waals surface area contributed by atoms with E-state index in [2.05, 4.69) is 67.1 Å². The van der Waals surface area contributed by atoms with Crippen LogP contribution >= 0.6 is 27.7 Å². The molecule has 1 aromatic rings. The van der Waals surface area contributed by atoms with Gasteiger partial charge in [0, 0.05) is 10.2 Å². The van der Waals surface area contributed by atoms with Gasteiger partial charge >= 0.3 is 0 Å². The van der Waals surface area contributed by atoms with Gasteiger partial charge in [0.2, 0.25) is 0 Å². The van der Waals surface area contributed by atoms with E-state index in [-0.39, 0.29) is 5.41 Å². The highest BCUT2D eigenvalue weighted by atomic mass is 79.9. The molecule has 0 amide bonds. The maximum Gasteiger partial charge on any atom is 0.161 e. The molecule has 4 heteroatoms. The van der Waals surface area contributed by atoms with Crippen molar-refractivity contribution in [2.24, 2.45) is 10.4 Å². The highest BCUT2D eigenvalue weighted by Gasteiger charge is 2.27. The van der Waals surface area contributed by atoms with Crippen LogP contribution < -0.4 is 5.32 Å². The number of thioether (sulfide) groups is 1. The average molecular weight is 341 g/mol. The van der Waals surface area contributed by atoms with Crippen molar-refractivity contribution >= 4 is 38.5 Å². The van der Waals surface area contributed by atoms with Crippen LogP contribution in [0.3, 0.4) is 0 Å². The fourth-order valence-electron chi connectivity index (χ4n) is 2.06. The molecule has 0 saturated carbocycles. The van der Waals surface area contributed by atoms with Crippen LogP contribution in [0.1, 0.15) is 32.8 Å². The minimum Gasteiger partial charge on any atom is -0.334 e. The topological polar surface area (TPSA) is 24.4 Å². The second kappa shape index (κ2) is 5.88. The largest absolute Gasteiger partial charge is 0.334 e. The van der Waals surface area contributed by atoms with Crippen LogP contribution in [0.25, 0.3) is 0 Å². The second-order valence-electron chi connectivity index (χ2n) is 6.01. The van der Waals surface area contributed by atoms with Crippen LogP contribution in [-0.4, -0.2) is 17.0 Å². The van der Waals surface area contributed by atoms with Crippen LogP contribution in [0.5, 0.6) is 0 Å². The third-order valence-corrected chi connectivity index (χ3v) is 5.31. The fraction of sp³-hybridized carbons (Fsp3) is 0.533. The number of hydrogen-bond donors (Lipinski definition) is 1. The van der Waals surface area contributed by atoms with Gasteiger partial charge in [0.05, 0.1) is 11.7 Å². The van der Waals surface area contributed by atoms with Gasteiger partial charge in [-0.15, -0.1) is 0 Å². The van der Waals surface area contributed by atoms with E-state index in [1.807, 2.05) is 11.8 Å². The molecule has 0 saturated heterocycles. The van der Waals surface area contributed by atoms with Gasteiger partial charge in [-0.2, -0.15) is 0 Å². The molecule has 0 fully saturated rings. The zero-order valence-electron chi connectivity index (χ0n) is 12.0. The first-order valence-corrected chi connectivity index (χ1v) is 8.38. The monoisotopic (exact) mass is 340 g/mol. The lowest BCUT2D eigenvalue weighted by Crippen LogP contribution is -2.30. The molecule has 104 valence electrons. The van der Waals surface area contributed by atoms with Crippen molar-refractivity contribution < 1.29 is 0 Å². The number of nitrogens with zero attached hydrogens (tertiary/aromatic N) is 1. The summed E-state index contributed by atoms with van der Waals surface area (Å²) in [5, 5.41) is 4.50. The van der Waals surface area contributed by atoms with Crippen LogP contribution in [0.2, 0.25) is 0 Å². The summed E-state index contributed by atoms with van der Waals surface area (Å²) < 4.78 is 1.12. The third-order valence-electron chi connectivity index (χ3n) is 3.34. The standard InChI is InChI=1S/C15H21BrN2S/c1-10-6-5-7-11(13(10)16)17-14-18-12(8-9-19-14)15(2,3)4/h5-7,12H,8-9H2,1-4H3,(H,17,18). The Morgan fingerprint density at radius 2 is 2.11 bits per heavy atom. The predicted octanol–water partition coefficient (Wildman–Crippen LogP) is 5.08. The summed E-state index contributed by atoms with van der Waals surface area (Å²) >= 11 is 5.45. The molecule has 0 bridgehead atoms. The molecular formula is C15H21BrN2S. The number of halogens is 1. The van der Waals surface area contributed by atoms with Crippen molar-refractivity contribution in [2.45, 2.75) is 40.2 Å². The van der Waals surface area contributed by atoms with Crippen molar-refractivity contribution in [3.63, 3.8) is 0 Å². The van der Waals surface area contributed by atoms with Crippen LogP contribution in [0.15, 0.2) is 27.7 Å². The smallest absolute Gasteiger partial charge is 0.161 e. The molecule has 0 aromatic heterocycles. The van der Waals surface area contributed by atoms with Gasteiger partial charge in [-0.05, 0) is 46.3 Å². The summed E-state index contributed by atoms with van der Waals surface area (Å²) in [6.45, 7) is 8.88. The third kappa shape index (κ3) is 3.76. The van der Waals surface area contributed by atoms with Crippen molar-refractivity contribution in [3.05, 3.63) is 28.2 Å². The van der Waals surface area contributed by atoms with Gasteiger partial charge < -0.3 is 5.32 Å². The quantitative estimate of drug-likeness (QED) is 0.771. The summed E-state index contributed by atoms with van der Waals surface area (Å²) in [6, 6.07) is 6.65. The first-order valence-electron chi connectivity index (χ1n) is 6.60. The fourth-order valence-corrected chi connectivity index (χ4v) is 3.35. The Balaban J connectivity index is 2.19. The maximum absolute atomic E-state index is 4.87. The first kappa shape index (κ1) is 14.9. The van der Waals surface area contributed by atoms with Crippen LogP contribution in [-0.2, 0) is 0 Å². The van der Waals surface area contributed by atoms with E-state index in [1.165, 1.54) is 5.56 Å². The zero-order valence-corrected chi connectivity index (χ0v) is 14.4. The summed E-state index contributed by atoms with van der Waals surface area (Å²) in [7, 11) is 0. The lowest BCUT2D eigenvalue weighted by atomic mass is 9.85. The lowest BCUT2D eigenvalue weighted by molar-refractivity contribution is 0.316. The zero-order chi connectivity index (χ0) is 14.0. The van der Waals surface area contributed by atoms with Crippen molar-refractivity contribution in [1.82, 2.24) is 0 Å². The number of anilines is 1. The number of aliphatic imine (C=N–C) groups is 1. The van der Waals surface area contributed by atoms with E-state index < -0.39 is 0 Å². The molecule has 2 rings (SSSR count). The van der Waals surface area contributed by atoms with Crippen molar-refractivity contribution in [2.75, 3.05) is 11.1 Å². The van der Waals surface area contributed by atoms with Gasteiger partial charge in [0.15, 0.2) is 5.17 Å². The van der Waals surface area contributed by atoms with Crippen LogP contribution in [0, 0.1) is 12.3 Å². The van der Waals surface area contributed by atoms with Crippen molar-refractivity contribution in [3.8, 4) is 0 Å². The second-order valence-corrected chi connectivity index (χ2v) is 7.89. The molecule has 1 aliphatic heterocycles. The summed E-state index contributed by atoms with van der Waals surface area (Å²) in [5.74, 6) is 1.14. The molecule has 1 heterocycles. The highest BCUT2D eigenvalue weighted by Crippen LogP contribution is 2.32. The Kier molecular flexibility index (Phi) is 4.62. The van der Waals surface area contributed by atoms with E-state index in [1.54, 1.807) is 0 Å². The molecule has 0 radical (unpaired) electrons. The predicted molar refractivity (Wildman–Crippen MR) is 90.3 cm³/mol.